The molecule has 304 valence electrons. The van der Waals surface area contributed by atoms with Crippen molar-refractivity contribution >= 4 is 40.1 Å². The number of imide groups is 1. The van der Waals surface area contributed by atoms with E-state index in [9.17, 15) is 14.4 Å². The van der Waals surface area contributed by atoms with E-state index in [0.29, 0.717) is 24.4 Å². The number of nitrogens with one attached hydrogen (secondary N) is 4. The summed E-state index contributed by atoms with van der Waals surface area (Å²) in [5.41, 5.74) is 9.58. The summed E-state index contributed by atoms with van der Waals surface area (Å²) in [6.07, 6.45) is 3.71. The van der Waals surface area contributed by atoms with E-state index >= 15 is 0 Å². The van der Waals surface area contributed by atoms with Gasteiger partial charge in [0.05, 0.1) is 6.04 Å². The summed E-state index contributed by atoms with van der Waals surface area (Å²) in [5.74, 6) is -0.416. The average Bonchev–Trinajstić information content (AvgIpc) is 3.91. The Hall–Kier alpha value is -6.41. The second-order valence-corrected chi connectivity index (χ2v) is 16.6. The molecule has 6 aromatic rings. The number of pyridine rings is 1. The number of rotatable bonds is 11. The van der Waals surface area contributed by atoms with Gasteiger partial charge in [0.25, 0.3) is 11.7 Å². The number of hydrogen-bond donors (Lipinski definition) is 4. The summed E-state index contributed by atoms with van der Waals surface area (Å²) in [6, 6.07) is 24.6. The van der Waals surface area contributed by atoms with Gasteiger partial charge in [0.1, 0.15) is 11.7 Å². The number of hydrogen-bond acceptors (Lipinski definition) is 11. The van der Waals surface area contributed by atoms with Gasteiger partial charge in [0.15, 0.2) is 5.65 Å². The van der Waals surface area contributed by atoms with E-state index in [-0.39, 0.29) is 41.0 Å². The number of aromatic nitrogens is 5. The second-order valence-electron chi connectivity index (χ2n) is 16.6. The van der Waals surface area contributed by atoms with Gasteiger partial charge in [-0.2, -0.15) is 10.1 Å². The predicted octanol–water partition coefficient (Wildman–Crippen LogP) is 6.35. The molecule has 0 radical (unpaired) electrons. The Morgan fingerprint density at radius 2 is 1.69 bits per heavy atom. The van der Waals surface area contributed by atoms with Crippen molar-refractivity contribution in [2.24, 2.45) is 0 Å². The third-order valence-corrected chi connectivity index (χ3v) is 11.2. The predicted molar refractivity (Wildman–Crippen MR) is 227 cm³/mol. The van der Waals surface area contributed by atoms with Crippen LogP contribution in [-0.4, -0.2) is 86.7 Å². The molecule has 14 heteroatoms. The highest BCUT2D eigenvalue weighted by atomic mass is 16.5. The van der Waals surface area contributed by atoms with Crippen LogP contribution < -0.4 is 20.9 Å². The van der Waals surface area contributed by atoms with Crippen LogP contribution in [0.25, 0.3) is 33.4 Å². The maximum absolute atomic E-state index is 12.9. The number of H-pyrrole nitrogens is 1. The van der Waals surface area contributed by atoms with Crippen LogP contribution in [-0.2, 0) is 21.4 Å². The first-order valence-electron chi connectivity index (χ1n) is 20.2. The van der Waals surface area contributed by atoms with Crippen LogP contribution in [0.15, 0.2) is 83.5 Å². The first-order chi connectivity index (χ1) is 28.4. The van der Waals surface area contributed by atoms with Gasteiger partial charge < -0.3 is 20.1 Å². The van der Waals surface area contributed by atoms with Gasteiger partial charge in [-0.15, -0.1) is 0 Å². The van der Waals surface area contributed by atoms with E-state index < -0.39 is 0 Å². The highest BCUT2D eigenvalue weighted by Crippen LogP contribution is 2.32. The molecule has 4 N–H and O–H groups in total. The number of benzene rings is 3. The molecule has 0 aliphatic carbocycles. The van der Waals surface area contributed by atoms with Gasteiger partial charge in [-0.05, 0) is 85.3 Å². The topological polar surface area (TPSA) is 174 Å². The lowest BCUT2D eigenvalue weighted by atomic mass is 9.97. The zero-order chi connectivity index (χ0) is 41.3. The summed E-state index contributed by atoms with van der Waals surface area (Å²) in [7, 11) is 0. The third kappa shape index (κ3) is 8.87. The number of nitrogens with zero attached hydrogens (tertiary/aromatic N) is 6. The molecule has 59 heavy (non-hydrogen) atoms. The molecular weight excluding hydrogens is 745 g/mol. The number of aromatic amines is 1. The number of aryl methyl sites for hydroxylation is 1. The van der Waals surface area contributed by atoms with Crippen LogP contribution in [0.3, 0.4) is 0 Å². The Kier molecular flexibility index (Phi) is 11.0. The minimum Gasteiger partial charge on any atom is -0.374 e. The molecular formula is C45H50N10O4. The summed E-state index contributed by atoms with van der Waals surface area (Å²) in [4.78, 5) is 50.4. The van der Waals surface area contributed by atoms with Crippen molar-refractivity contribution in [2.75, 3.05) is 42.9 Å². The SMILES string of the molecule is Cc1cc(-c2n[nH]c3ncc(-c4ccc(N5CCN(CCc6ccc(NC7CCC(=O)NC7=O)cc6)CC5)cc4)cc23)ccc1[C@@H](C)NC(=O)c1noc(C(C)(C)C)n1. The number of amides is 3. The van der Waals surface area contributed by atoms with Crippen LogP contribution in [0, 0.1) is 6.92 Å². The Bertz CT molecular complexity index is 2480. The van der Waals surface area contributed by atoms with Crippen molar-refractivity contribution in [3.8, 4) is 22.4 Å². The number of carbonyl (C=O) groups is 3. The van der Waals surface area contributed by atoms with Gasteiger partial charge in [-0.3, -0.25) is 29.7 Å². The Morgan fingerprint density at radius 1 is 0.949 bits per heavy atom. The van der Waals surface area contributed by atoms with Gasteiger partial charge in [-0.1, -0.05) is 62.3 Å². The summed E-state index contributed by atoms with van der Waals surface area (Å²) in [5, 5.41) is 21.2. The number of fused-ring (bicyclic) bond motifs is 1. The van der Waals surface area contributed by atoms with Crippen molar-refractivity contribution in [2.45, 2.75) is 71.4 Å². The number of piperidine rings is 1. The first kappa shape index (κ1) is 39.4. The van der Waals surface area contributed by atoms with E-state index in [2.05, 4.69) is 94.6 Å². The van der Waals surface area contributed by atoms with Gasteiger partial charge in [-0.25, -0.2) is 4.98 Å². The highest BCUT2D eigenvalue weighted by molar-refractivity contribution is 6.01. The standard InChI is InChI=1S/C45H50N10O4/c1-27-24-31(10-15-35(27)28(2)47-43(58)41-50-44(59-53-41)45(3,4)5)39-36-25-32(26-46-40(36)52-51-39)30-8-13-34(14-9-30)55-22-20-54(21-23-55)19-18-29-6-11-33(12-7-29)48-37-16-17-38(56)49-42(37)57/h6-15,24-26,28,37,48H,16-23H2,1-5H3,(H,47,58)(H,46,51,52)(H,49,56,57)/t28-,37?/m1/s1. The lowest BCUT2D eigenvalue weighted by Gasteiger charge is -2.36. The molecule has 2 aliphatic rings. The lowest BCUT2D eigenvalue weighted by molar-refractivity contribution is -0.133. The molecule has 0 saturated carbocycles. The normalized spacial score (nSPS) is 16.9. The quantitative estimate of drug-likeness (QED) is 0.108. The van der Waals surface area contributed by atoms with E-state index in [0.717, 1.165) is 83.7 Å². The molecule has 3 amide bonds. The second kappa shape index (κ2) is 16.5. The molecule has 5 heterocycles. The van der Waals surface area contributed by atoms with E-state index in [1.807, 2.05) is 65.1 Å². The first-order valence-corrected chi connectivity index (χ1v) is 20.2. The molecule has 0 bridgehead atoms. The van der Waals surface area contributed by atoms with Gasteiger partial charge in [0.2, 0.25) is 17.7 Å². The average molecular weight is 795 g/mol. The fraction of sp³-hybridized carbons (Fsp3) is 0.356. The Balaban J connectivity index is 0.852. The lowest BCUT2D eigenvalue weighted by Crippen LogP contribution is -2.47. The van der Waals surface area contributed by atoms with Crippen LogP contribution in [0.2, 0.25) is 0 Å². The summed E-state index contributed by atoms with van der Waals surface area (Å²) in [6.45, 7) is 14.7. The molecule has 3 aromatic heterocycles. The largest absolute Gasteiger partial charge is 0.374 e. The molecule has 2 fully saturated rings. The number of anilines is 2. The molecule has 8 rings (SSSR count). The van der Waals surface area contributed by atoms with Gasteiger partial charge in [0, 0.05) is 78.6 Å². The van der Waals surface area contributed by atoms with E-state index in [1.54, 1.807) is 0 Å². The van der Waals surface area contributed by atoms with Crippen molar-refractivity contribution in [1.29, 1.82) is 0 Å². The highest BCUT2D eigenvalue weighted by Gasteiger charge is 2.27. The van der Waals surface area contributed by atoms with Crippen molar-refractivity contribution in [1.82, 2.24) is 40.9 Å². The van der Waals surface area contributed by atoms with Crippen LogP contribution >= 0.6 is 0 Å². The van der Waals surface area contributed by atoms with Crippen molar-refractivity contribution < 1.29 is 18.9 Å². The molecule has 2 atom stereocenters. The molecule has 3 aromatic carbocycles. The Labute approximate surface area is 343 Å². The minimum atomic E-state index is -0.386. The van der Waals surface area contributed by atoms with E-state index in [4.69, 9.17) is 9.51 Å². The fourth-order valence-corrected chi connectivity index (χ4v) is 7.73. The molecule has 14 nitrogen and oxygen atoms in total. The minimum absolute atomic E-state index is 0.0205. The zero-order valence-corrected chi connectivity index (χ0v) is 34.1. The Morgan fingerprint density at radius 3 is 2.39 bits per heavy atom. The maximum atomic E-state index is 12.9. The van der Waals surface area contributed by atoms with Crippen molar-refractivity contribution in [3.63, 3.8) is 0 Å². The molecule has 2 aliphatic heterocycles. The summed E-state index contributed by atoms with van der Waals surface area (Å²) >= 11 is 0. The number of piperazine rings is 1. The summed E-state index contributed by atoms with van der Waals surface area (Å²) < 4.78 is 5.31. The maximum Gasteiger partial charge on any atom is 0.293 e. The zero-order valence-electron chi connectivity index (χ0n) is 34.1. The van der Waals surface area contributed by atoms with Crippen LogP contribution in [0.4, 0.5) is 11.4 Å². The third-order valence-electron chi connectivity index (χ3n) is 11.2. The van der Waals surface area contributed by atoms with E-state index in [1.165, 1.54) is 11.3 Å². The molecule has 2 saturated heterocycles. The number of carbonyl (C=O) groups excluding carboxylic acids is 3. The molecule has 1 unspecified atom stereocenters. The van der Waals surface area contributed by atoms with Crippen LogP contribution in [0.5, 0.6) is 0 Å². The van der Waals surface area contributed by atoms with Crippen molar-refractivity contribution in [3.05, 3.63) is 107 Å². The monoisotopic (exact) mass is 794 g/mol. The smallest absolute Gasteiger partial charge is 0.293 e. The molecule has 0 spiro atoms. The van der Waals surface area contributed by atoms with Crippen LogP contribution in [0.1, 0.15) is 79.8 Å². The fourth-order valence-electron chi connectivity index (χ4n) is 7.73. The van der Waals surface area contributed by atoms with Gasteiger partial charge >= 0.3 is 0 Å².